The number of hydrogen-bond acceptors (Lipinski definition) is 1. The van der Waals surface area contributed by atoms with E-state index in [1.807, 2.05) is 30.6 Å². The van der Waals surface area contributed by atoms with Crippen molar-refractivity contribution in [1.29, 1.82) is 0 Å². The van der Waals surface area contributed by atoms with E-state index in [1.165, 1.54) is 11.1 Å². The first-order valence-electron chi connectivity index (χ1n) is 8.50. The van der Waals surface area contributed by atoms with E-state index in [-0.39, 0.29) is 0 Å². The third kappa shape index (κ3) is 3.31. The fraction of sp³-hybridized carbons (Fsp3) is 0.0870. The molecule has 0 fully saturated rings. The molecule has 0 unspecified atom stereocenters. The lowest BCUT2D eigenvalue weighted by atomic mass is 9.76. The number of aromatic nitrogens is 2. The van der Waals surface area contributed by atoms with Gasteiger partial charge in [-0.25, -0.2) is 4.98 Å². The molecule has 1 heterocycles. The van der Waals surface area contributed by atoms with Gasteiger partial charge >= 0.3 is 0 Å². The minimum Gasteiger partial charge on any atom is -0.318 e. The van der Waals surface area contributed by atoms with E-state index < -0.39 is 5.54 Å². The van der Waals surface area contributed by atoms with Gasteiger partial charge in [0.1, 0.15) is 9.24 Å². The largest absolute Gasteiger partial charge is 0.318 e. The second-order valence-corrected chi connectivity index (χ2v) is 6.99. The van der Waals surface area contributed by atoms with Crippen molar-refractivity contribution in [3.63, 3.8) is 0 Å². The first kappa shape index (κ1) is 18.4. The first-order chi connectivity index (χ1) is 12.7. The molecule has 26 heavy (non-hydrogen) atoms. The number of nitrogens with zero attached hydrogens (tertiary/aromatic N) is 2. The number of allylic oxidation sites excluding steroid dienone is 5. The lowest BCUT2D eigenvalue weighted by Crippen LogP contribution is -2.37. The van der Waals surface area contributed by atoms with Crippen LogP contribution < -0.4 is 0 Å². The van der Waals surface area contributed by atoms with Crippen molar-refractivity contribution in [1.82, 2.24) is 9.55 Å². The van der Waals surface area contributed by atoms with Crippen LogP contribution in [0.4, 0.5) is 0 Å². The molecule has 0 aliphatic carbocycles. The molecule has 2 nitrogen and oxygen atoms in total. The van der Waals surface area contributed by atoms with Crippen molar-refractivity contribution in [3.05, 3.63) is 124 Å². The molecule has 0 atom stereocenters. The van der Waals surface area contributed by atoms with Gasteiger partial charge in [0.15, 0.2) is 0 Å². The summed E-state index contributed by atoms with van der Waals surface area (Å²) in [6.07, 6.45) is 12.1. The topological polar surface area (TPSA) is 17.8 Å². The van der Waals surface area contributed by atoms with Gasteiger partial charge in [-0.1, -0.05) is 91.5 Å². The van der Waals surface area contributed by atoms with Crippen LogP contribution in [0.2, 0.25) is 0 Å². The Morgan fingerprint density at radius 1 is 1.04 bits per heavy atom. The molecule has 3 heteroatoms. The number of imidazole rings is 1. The standard InChI is InChI=1S/C23H21IN2/c1-3-5-12-19(4-2)23(20-13-8-6-9-14-20,21-15-10-7-11-16-21)26-17-22(24)25-18-26/h3-18H,1H2,2H3/b12-5-,19-4+. The van der Waals surface area contributed by atoms with Crippen LogP contribution in [0.5, 0.6) is 0 Å². The van der Waals surface area contributed by atoms with Crippen molar-refractivity contribution < 1.29 is 0 Å². The monoisotopic (exact) mass is 452 g/mol. The van der Waals surface area contributed by atoms with Gasteiger partial charge in [-0.15, -0.1) is 0 Å². The normalized spacial score (nSPS) is 12.5. The number of halogens is 1. The molecular formula is C23H21IN2. The van der Waals surface area contributed by atoms with E-state index in [2.05, 4.69) is 113 Å². The molecule has 3 aromatic rings. The Bertz CT molecular complexity index is 882. The highest BCUT2D eigenvalue weighted by Gasteiger charge is 2.38. The summed E-state index contributed by atoms with van der Waals surface area (Å²) < 4.78 is 3.16. The summed E-state index contributed by atoms with van der Waals surface area (Å²) in [6.45, 7) is 5.91. The molecule has 0 bridgehead atoms. The van der Waals surface area contributed by atoms with Crippen LogP contribution in [-0.4, -0.2) is 9.55 Å². The van der Waals surface area contributed by atoms with Crippen LogP contribution >= 0.6 is 22.6 Å². The number of benzene rings is 2. The SMILES string of the molecule is C=C/C=C\C(=C/C)C(c1ccccc1)(c1ccccc1)n1cnc(I)c1. The van der Waals surface area contributed by atoms with Gasteiger partial charge in [0, 0.05) is 6.20 Å². The summed E-state index contributed by atoms with van der Waals surface area (Å²) in [5.41, 5.74) is 3.01. The minimum absolute atomic E-state index is 0.507. The van der Waals surface area contributed by atoms with Gasteiger partial charge in [0.2, 0.25) is 0 Å². The number of rotatable bonds is 6. The quantitative estimate of drug-likeness (QED) is 0.333. The highest BCUT2D eigenvalue weighted by molar-refractivity contribution is 14.1. The molecule has 0 aliphatic heterocycles. The zero-order chi connectivity index (χ0) is 18.4. The number of hydrogen-bond donors (Lipinski definition) is 0. The van der Waals surface area contributed by atoms with Crippen LogP contribution in [0.1, 0.15) is 18.1 Å². The summed E-state index contributed by atoms with van der Waals surface area (Å²) in [7, 11) is 0. The molecule has 130 valence electrons. The van der Waals surface area contributed by atoms with Crippen molar-refractivity contribution in [2.75, 3.05) is 0 Å². The molecule has 1 aromatic heterocycles. The lowest BCUT2D eigenvalue weighted by molar-refractivity contribution is 0.512. The lowest BCUT2D eigenvalue weighted by Gasteiger charge is -2.38. The Morgan fingerprint density at radius 2 is 1.62 bits per heavy atom. The molecule has 3 rings (SSSR count). The second kappa shape index (κ2) is 8.32. The van der Waals surface area contributed by atoms with Crippen molar-refractivity contribution in [2.24, 2.45) is 0 Å². The Morgan fingerprint density at radius 3 is 2.04 bits per heavy atom. The highest BCUT2D eigenvalue weighted by atomic mass is 127. The maximum Gasteiger partial charge on any atom is 0.121 e. The van der Waals surface area contributed by atoms with E-state index in [1.54, 1.807) is 0 Å². The summed E-state index contributed by atoms with van der Waals surface area (Å²) in [5.74, 6) is 0. The smallest absolute Gasteiger partial charge is 0.121 e. The van der Waals surface area contributed by atoms with Crippen LogP contribution in [0.25, 0.3) is 0 Å². The van der Waals surface area contributed by atoms with Crippen molar-refractivity contribution in [2.45, 2.75) is 12.5 Å². The maximum absolute atomic E-state index is 4.51. The molecule has 0 N–H and O–H groups in total. The molecular weight excluding hydrogens is 431 g/mol. The van der Waals surface area contributed by atoms with Crippen LogP contribution in [-0.2, 0) is 5.54 Å². The summed E-state index contributed by atoms with van der Waals surface area (Å²) >= 11 is 2.26. The van der Waals surface area contributed by atoms with Crippen molar-refractivity contribution >= 4 is 22.6 Å². The maximum atomic E-state index is 4.51. The van der Waals surface area contributed by atoms with Gasteiger partial charge in [0.05, 0.1) is 6.33 Å². The fourth-order valence-electron chi connectivity index (χ4n) is 3.39. The van der Waals surface area contributed by atoms with Gasteiger partial charge < -0.3 is 4.57 Å². The van der Waals surface area contributed by atoms with Crippen LogP contribution in [0.15, 0.2) is 110 Å². The average molecular weight is 452 g/mol. The van der Waals surface area contributed by atoms with E-state index >= 15 is 0 Å². The Hall–Kier alpha value is -2.40. The van der Waals surface area contributed by atoms with Gasteiger partial charge in [-0.3, -0.25) is 0 Å². The predicted octanol–water partition coefficient (Wildman–Crippen LogP) is 5.97. The zero-order valence-corrected chi connectivity index (χ0v) is 16.9. The van der Waals surface area contributed by atoms with E-state index in [0.29, 0.717) is 0 Å². The average Bonchev–Trinajstić information content (AvgIpc) is 3.13. The predicted molar refractivity (Wildman–Crippen MR) is 117 cm³/mol. The third-order valence-electron chi connectivity index (χ3n) is 4.46. The summed E-state index contributed by atoms with van der Waals surface area (Å²) in [4.78, 5) is 4.51. The van der Waals surface area contributed by atoms with Gasteiger partial charge in [-0.2, -0.15) is 0 Å². The van der Waals surface area contributed by atoms with Crippen molar-refractivity contribution in [3.8, 4) is 0 Å². The third-order valence-corrected chi connectivity index (χ3v) is 5.02. The second-order valence-electron chi connectivity index (χ2n) is 5.88. The molecule has 0 saturated carbocycles. The summed E-state index contributed by atoms with van der Waals surface area (Å²) in [6, 6.07) is 21.1. The zero-order valence-electron chi connectivity index (χ0n) is 14.7. The highest BCUT2D eigenvalue weighted by Crippen LogP contribution is 2.41. The Balaban J connectivity index is 2.42. The molecule has 2 aromatic carbocycles. The minimum atomic E-state index is -0.507. The van der Waals surface area contributed by atoms with E-state index in [9.17, 15) is 0 Å². The van der Waals surface area contributed by atoms with Gasteiger partial charge in [-0.05, 0) is 46.2 Å². The molecule has 0 saturated heterocycles. The molecule has 0 amide bonds. The Labute approximate surface area is 168 Å². The first-order valence-corrected chi connectivity index (χ1v) is 9.58. The van der Waals surface area contributed by atoms with Crippen LogP contribution in [0.3, 0.4) is 0 Å². The van der Waals surface area contributed by atoms with Gasteiger partial charge in [0.25, 0.3) is 0 Å². The van der Waals surface area contributed by atoms with Crippen LogP contribution in [0, 0.1) is 3.70 Å². The molecule has 0 spiro atoms. The summed E-state index contributed by atoms with van der Waals surface area (Å²) in [5, 5.41) is 0. The molecule has 0 radical (unpaired) electrons. The fourth-order valence-corrected chi connectivity index (χ4v) is 3.81. The van der Waals surface area contributed by atoms with E-state index in [0.717, 1.165) is 9.27 Å². The van der Waals surface area contributed by atoms with E-state index in [4.69, 9.17) is 0 Å². The Kier molecular flexibility index (Phi) is 5.89. The molecule has 0 aliphatic rings.